The minimum absolute atomic E-state index is 0.0421. The number of alkyl halides is 6. The van der Waals surface area contributed by atoms with Crippen molar-refractivity contribution in [1.29, 1.82) is 0 Å². The van der Waals surface area contributed by atoms with E-state index in [-0.39, 0.29) is 39.2 Å². The van der Waals surface area contributed by atoms with Gasteiger partial charge in [-0.1, -0.05) is 18.2 Å². The Morgan fingerprint density at radius 3 is 2.05 bits per heavy atom. The zero-order chi connectivity index (χ0) is 41.6. The van der Waals surface area contributed by atoms with Gasteiger partial charge in [0.15, 0.2) is 0 Å². The van der Waals surface area contributed by atoms with Crippen molar-refractivity contribution in [1.82, 2.24) is 10.3 Å². The largest absolute Gasteiger partial charge is 0.397 e. The maximum atomic E-state index is 15.0. The fourth-order valence-corrected chi connectivity index (χ4v) is 6.54. The third-order valence-corrected chi connectivity index (χ3v) is 9.13. The highest BCUT2D eigenvalue weighted by molar-refractivity contribution is 6.34. The van der Waals surface area contributed by atoms with E-state index >= 15 is 0 Å². The Morgan fingerprint density at radius 1 is 0.842 bits per heavy atom. The maximum absolute atomic E-state index is 15.0. The summed E-state index contributed by atoms with van der Waals surface area (Å²) >= 11 is 0. The van der Waals surface area contributed by atoms with Crippen LogP contribution in [0.25, 0.3) is 11.1 Å². The molecule has 5 N–H and O–H groups in total. The van der Waals surface area contributed by atoms with Gasteiger partial charge in [-0.15, -0.1) is 0 Å². The number of aliphatic imine (C=N–C) groups is 1. The number of allylic oxidation sites excluding steroid dienone is 2. The van der Waals surface area contributed by atoms with Gasteiger partial charge in [-0.25, -0.2) is 35.6 Å². The molecule has 2 heterocycles. The van der Waals surface area contributed by atoms with Crippen LogP contribution in [0.5, 0.6) is 0 Å². The maximum Gasteiger partial charge on any atom is 0.290 e. The van der Waals surface area contributed by atoms with E-state index in [9.17, 15) is 58.7 Å². The summed E-state index contributed by atoms with van der Waals surface area (Å²) in [5.41, 5.74) is 3.56. The number of imide groups is 1. The van der Waals surface area contributed by atoms with Crippen molar-refractivity contribution in [2.45, 2.75) is 43.6 Å². The summed E-state index contributed by atoms with van der Waals surface area (Å²) in [7, 11) is 0. The number of rotatable bonds is 10. The molecule has 4 amide bonds. The fraction of sp³-hybridized carbons (Fsp3) is 0.211. The van der Waals surface area contributed by atoms with Crippen molar-refractivity contribution >= 4 is 35.0 Å². The number of nitrogens with one attached hydrogen (secondary N) is 1. The SMILES string of the molecule is NC(=O)c1cc(-c2cc(N3C(=O)c4ccccc4C3=O)cnc2C(Cc2cc(F)cc(F)c2)NC(=O)CN=C2C(=C(N)C(F)F)C(F)(F)CCC2(F)F)ccc1F. The Bertz CT molecular complexity index is 2350. The van der Waals surface area contributed by atoms with Crippen LogP contribution in [0.15, 0.2) is 89.2 Å². The number of primary amides is 1. The van der Waals surface area contributed by atoms with Crippen molar-refractivity contribution in [3.8, 4) is 11.1 Å². The average molecular weight is 803 g/mol. The van der Waals surface area contributed by atoms with E-state index in [1.807, 2.05) is 0 Å². The second-order valence-corrected chi connectivity index (χ2v) is 13.0. The predicted octanol–water partition coefficient (Wildman–Crippen LogP) is 6.45. The number of carbonyl (C=O) groups is 4. The Balaban J connectivity index is 1.48. The van der Waals surface area contributed by atoms with Crippen LogP contribution in [0.4, 0.5) is 45.2 Å². The number of anilines is 1. The van der Waals surface area contributed by atoms with Crippen LogP contribution in [-0.2, 0) is 11.2 Å². The van der Waals surface area contributed by atoms with Gasteiger partial charge in [-0.3, -0.25) is 29.2 Å². The third-order valence-electron chi connectivity index (χ3n) is 9.13. The molecular weight excluding hydrogens is 775 g/mol. The van der Waals surface area contributed by atoms with Gasteiger partial charge in [0.2, 0.25) is 5.91 Å². The number of fused-ring (bicyclic) bond motifs is 1. The van der Waals surface area contributed by atoms with Gasteiger partial charge in [0.25, 0.3) is 36.0 Å². The smallest absolute Gasteiger partial charge is 0.290 e. The zero-order valence-corrected chi connectivity index (χ0v) is 28.9. The van der Waals surface area contributed by atoms with Crippen molar-refractivity contribution < 1.29 is 58.7 Å². The van der Waals surface area contributed by atoms with Crippen LogP contribution >= 0.6 is 0 Å². The normalized spacial score (nSPS) is 18.1. The predicted molar refractivity (Wildman–Crippen MR) is 185 cm³/mol. The van der Waals surface area contributed by atoms with Crippen LogP contribution in [0.3, 0.4) is 0 Å². The molecule has 19 heteroatoms. The average Bonchev–Trinajstić information content (AvgIpc) is 3.39. The van der Waals surface area contributed by atoms with Gasteiger partial charge in [0.05, 0.1) is 51.6 Å². The van der Waals surface area contributed by atoms with Crippen molar-refractivity contribution in [3.63, 3.8) is 0 Å². The highest BCUT2D eigenvalue weighted by Gasteiger charge is 2.55. The van der Waals surface area contributed by atoms with Crippen LogP contribution in [0.1, 0.15) is 61.2 Å². The minimum atomic E-state index is -4.26. The quantitative estimate of drug-likeness (QED) is 0.124. The van der Waals surface area contributed by atoms with E-state index in [0.717, 1.165) is 41.4 Å². The van der Waals surface area contributed by atoms with Gasteiger partial charge in [0.1, 0.15) is 29.7 Å². The molecule has 1 aromatic heterocycles. The molecule has 0 spiro atoms. The van der Waals surface area contributed by atoms with E-state index in [1.165, 1.54) is 30.3 Å². The van der Waals surface area contributed by atoms with E-state index in [4.69, 9.17) is 11.5 Å². The van der Waals surface area contributed by atoms with E-state index in [0.29, 0.717) is 6.07 Å². The number of benzene rings is 3. The number of amides is 4. The number of nitrogens with zero attached hydrogens (tertiary/aromatic N) is 3. The summed E-state index contributed by atoms with van der Waals surface area (Å²) in [5, 5.41) is 2.36. The molecular formula is C38H27F9N6O4. The highest BCUT2D eigenvalue weighted by atomic mass is 19.3. The first-order chi connectivity index (χ1) is 26.8. The number of hydrogen-bond acceptors (Lipinski definition) is 7. The topological polar surface area (TPSA) is 161 Å². The van der Waals surface area contributed by atoms with E-state index in [1.54, 1.807) is 0 Å². The molecule has 0 bridgehead atoms. The summed E-state index contributed by atoms with van der Waals surface area (Å²) in [6.45, 7) is -1.39. The zero-order valence-electron chi connectivity index (χ0n) is 28.9. The fourth-order valence-electron chi connectivity index (χ4n) is 6.54. The van der Waals surface area contributed by atoms with Gasteiger partial charge < -0.3 is 16.8 Å². The number of halogens is 9. The minimum Gasteiger partial charge on any atom is -0.397 e. The lowest BCUT2D eigenvalue weighted by molar-refractivity contribution is -0.120. The Morgan fingerprint density at radius 2 is 1.46 bits per heavy atom. The lowest BCUT2D eigenvalue weighted by Gasteiger charge is -2.33. The van der Waals surface area contributed by atoms with Gasteiger partial charge in [0, 0.05) is 24.5 Å². The Hall–Kier alpha value is -6.53. The number of carbonyl (C=O) groups excluding carboxylic acids is 4. The van der Waals surface area contributed by atoms with Crippen molar-refractivity contribution in [2.75, 3.05) is 11.4 Å². The summed E-state index contributed by atoms with van der Waals surface area (Å²) < 4.78 is 130. The van der Waals surface area contributed by atoms with Gasteiger partial charge in [-0.2, -0.15) is 8.78 Å². The van der Waals surface area contributed by atoms with Crippen molar-refractivity contribution in [2.24, 2.45) is 16.5 Å². The van der Waals surface area contributed by atoms with Crippen LogP contribution < -0.4 is 21.7 Å². The Kier molecular flexibility index (Phi) is 10.7. The molecule has 4 aromatic rings. The summed E-state index contributed by atoms with van der Waals surface area (Å²) in [6, 6.07) is 10.7. The first kappa shape index (κ1) is 40.1. The molecule has 0 radical (unpaired) electrons. The lowest BCUT2D eigenvalue weighted by Crippen LogP contribution is -2.46. The van der Waals surface area contributed by atoms with E-state index < -0.39 is 114 Å². The van der Waals surface area contributed by atoms with Gasteiger partial charge in [-0.05, 0) is 60.0 Å². The van der Waals surface area contributed by atoms with Crippen LogP contribution in [0, 0.1) is 17.5 Å². The molecule has 1 aliphatic heterocycles. The molecule has 1 fully saturated rings. The lowest BCUT2D eigenvalue weighted by atomic mass is 9.84. The molecule has 1 atom stereocenters. The standard InChI is InChI=1S/C38H27F9N6O4/c39-19-9-17(10-20(40)13-19)11-27(52-28(54)16-51-32-29(30(48)33(42)43)37(44,45)7-8-38(32,46)47)31-24(18-5-6-26(41)25(12-18)34(49)55)14-21(15-50-31)53-35(56)22-3-1-2-4-23(22)36(53)57/h1-6,9-10,12-15,27,33H,7-8,11,16,48H2,(H2,49,55)(H,52,54). The Labute approximate surface area is 316 Å². The molecule has 1 unspecified atom stereocenters. The third kappa shape index (κ3) is 7.94. The number of pyridine rings is 1. The first-order valence-electron chi connectivity index (χ1n) is 16.7. The molecule has 296 valence electrons. The van der Waals surface area contributed by atoms with Gasteiger partial charge >= 0.3 is 0 Å². The van der Waals surface area contributed by atoms with E-state index in [2.05, 4.69) is 15.3 Å². The number of aromatic nitrogens is 1. The summed E-state index contributed by atoms with van der Waals surface area (Å²) in [4.78, 5) is 60.8. The monoisotopic (exact) mass is 802 g/mol. The number of hydrogen-bond donors (Lipinski definition) is 3. The molecule has 0 saturated heterocycles. The first-order valence-corrected chi connectivity index (χ1v) is 16.7. The number of nitrogens with two attached hydrogens (primary N) is 2. The van der Waals surface area contributed by atoms with Crippen LogP contribution in [0.2, 0.25) is 0 Å². The molecule has 1 aliphatic carbocycles. The summed E-state index contributed by atoms with van der Waals surface area (Å²) in [5.74, 6) is -15.7. The summed E-state index contributed by atoms with van der Waals surface area (Å²) in [6.07, 6.45) is -6.40. The second kappa shape index (κ2) is 15.2. The second-order valence-electron chi connectivity index (χ2n) is 13.0. The molecule has 2 aliphatic rings. The molecule has 6 rings (SSSR count). The molecule has 1 saturated carbocycles. The molecule has 57 heavy (non-hydrogen) atoms. The van der Waals surface area contributed by atoms with Crippen LogP contribution in [-0.4, -0.2) is 59.1 Å². The van der Waals surface area contributed by atoms with Crippen molar-refractivity contribution in [3.05, 3.63) is 130 Å². The molecule has 3 aromatic carbocycles. The molecule has 10 nitrogen and oxygen atoms in total. The highest BCUT2D eigenvalue weighted by Crippen LogP contribution is 2.45.